The van der Waals surface area contributed by atoms with Gasteiger partial charge in [0.05, 0.1) is 36.6 Å². The second-order valence-corrected chi connectivity index (χ2v) is 6.05. The Kier molecular flexibility index (Phi) is 5.35. The van der Waals surface area contributed by atoms with Gasteiger partial charge in [0.1, 0.15) is 5.75 Å². The zero-order chi connectivity index (χ0) is 19.4. The van der Waals surface area contributed by atoms with Crippen LogP contribution in [0.4, 0.5) is 0 Å². The van der Waals surface area contributed by atoms with E-state index in [1.807, 2.05) is 24.3 Å². The Labute approximate surface area is 157 Å². The van der Waals surface area contributed by atoms with Crippen LogP contribution in [-0.2, 0) is 11.3 Å². The Morgan fingerprint density at radius 2 is 1.78 bits per heavy atom. The number of ether oxygens (including phenoxy) is 2. The summed E-state index contributed by atoms with van der Waals surface area (Å²) in [5.41, 5.74) is 3.31. The lowest BCUT2D eigenvalue weighted by atomic mass is 10.1. The Balaban J connectivity index is 1.74. The van der Waals surface area contributed by atoms with Crippen LogP contribution < -0.4 is 10.1 Å². The molecule has 0 unspecified atom stereocenters. The Morgan fingerprint density at radius 1 is 1.04 bits per heavy atom. The van der Waals surface area contributed by atoms with Gasteiger partial charge < -0.3 is 14.8 Å². The fourth-order valence-electron chi connectivity index (χ4n) is 2.75. The van der Waals surface area contributed by atoms with Crippen molar-refractivity contribution in [2.24, 2.45) is 0 Å². The van der Waals surface area contributed by atoms with Crippen molar-refractivity contribution in [3.05, 3.63) is 70.9 Å². The van der Waals surface area contributed by atoms with E-state index >= 15 is 0 Å². The van der Waals surface area contributed by atoms with E-state index in [2.05, 4.69) is 15.0 Å². The average molecular weight is 364 g/mol. The average Bonchev–Trinajstić information content (AvgIpc) is 2.70. The standard InChI is InChI=1S/C21H20N2O4/c1-13-18(10-16-8-9-17(26-2)11-19(16)23-13)20(24)22-12-14-4-6-15(7-5-14)21(25)27-3/h4-11H,12H2,1-3H3,(H,22,24). The zero-order valence-corrected chi connectivity index (χ0v) is 15.4. The zero-order valence-electron chi connectivity index (χ0n) is 15.4. The molecule has 27 heavy (non-hydrogen) atoms. The highest BCUT2D eigenvalue weighted by Crippen LogP contribution is 2.21. The van der Waals surface area contributed by atoms with Gasteiger partial charge in [0.15, 0.2) is 0 Å². The van der Waals surface area contributed by atoms with Gasteiger partial charge in [0.2, 0.25) is 0 Å². The lowest BCUT2D eigenvalue weighted by Gasteiger charge is -2.10. The van der Waals surface area contributed by atoms with Crippen LogP contribution in [0.2, 0.25) is 0 Å². The van der Waals surface area contributed by atoms with E-state index in [-0.39, 0.29) is 11.9 Å². The first-order valence-electron chi connectivity index (χ1n) is 8.42. The van der Waals surface area contributed by atoms with Crippen LogP contribution in [0, 0.1) is 6.92 Å². The summed E-state index contributed by atoms with van der Waals surface area (Å²) in [5, 5.41) is 3.76. The molecule has 1 aromatic heterocycles. The number of methoxy groups -OCH3 is 2. The van der Waals surface area contributed by atoms with Crippen molar-refractivity contribution in [3.8, 4) is 5.75 Å². The van der Waals surface area contributed by atoms with Gasteiger partial charge in [-0.25, -0.2) is 4.79 Å². The number of amides is 1. The highest BCUT2D eigenvalue weighted by Gasteiger charge is 2.12. The van der Waals surface area contributed by atoms with Crippen LogP contribution in [0.3, 0.4) is 0 Å². The molecule has 1 amide bonds. The molecule has 0 saturated heterocycles. The number of pyridine rings is 1. The molecule has 0 radical (unpaired) electrons. The second kappa shape index (κ2) is 7.86. The molecule has 3 aromatic rings. The molecule has 0 spiro atoms. The predicted octanol–water partition coefficient (Wildman–Crippen LogP) is 3.27. The van der Waals surface area contributed by atoms with Crippen molar-refractivity contribution in [2.75, 3.05) is 14.2 Å². The van der Waals surface area contributed by atoms with Crippen LogP contribution in [0.5, 0.6) is 5.75 Å². The fraction of sp³-hybridized carbons (Fsp3) is 0.190. The van der Waals surface area contributed by atoms with E-state index < -0.39 is 0 Å². The van der Waals surface area contributed by atoms with Gasteiger partial charge in [-0.05, 0) is 42.8 Å². The number of nitrogens with one attached hydrogen (secondary N) is 1. The number of carbonyl (C=O) groups excluding carboxylic acids is 2. The summed E-state index contributed by atoms with van der Waals surface area (Å²) in [6.45, 7) is 2.15. The summed E-state index contributed by atoms with van der Waals surface area (Å²) in [7, 11) is 2.94. The third-order valence-corrected chi connectivity index (χ3v) is 4.29. The van der Waals surface area contributed by atoms with E-state index in [0.717, 1.165) is 22.2 Å². The van der Waals surface area contributed by atoms with Crippen LogP contribution >= 0.6 is 0 Å². The number of aromatic nitrogens is 1. The van der Waals surface area contributed by atoms with Crippen molar-refractivity contribution in [2.45, 2.75) is 13.5 Å². The SMILES string of the molecule is COC(=O)c1ccc(CNC(=O)c2cc3ccc(OC)cc3nc2C)cc1. The second-order valence-electron chi connectivity index (χ2n) is 6.05. The van der Waals surface area contributed by atoms with Gasteiger partial charge in [0.25, 0.3) is 5.91 Å². The largest absolute Gasteiger partial charge is 0.497 e. The molecule has 1 heterocycles. The number of nitrogens with zero attached hydrogens (tertiary/aromatic N) is 1. The van der Waals surface area contributed by atoms with Crippen molar-refractivity contribution in [1.82, 2.24) is 10.3 Å². The predicted molar refractivity (Wildman–Crippen MR) is 102 cm³/mol. The minimum Gasteiger partial charge on any atom is -0.497 e. The van der Waals surface area contributed by atoms with Crippen LogP contribution in [-0.4, -0.2) is 31.1 Å². The highest BCUT2D eigenvalue weighted by atomic mass is 16.5. The molecule has 0 aliphatic heterocycles. The highest BCUT2D eigenvalue weighted by molar-refractivity contribution is 5.98. The third kappa shape index (κ3) is 4.06. The third-order valence-electron chi connectivity index (χ3n) is 4.29. The minimum absolute atomic E-state index is 0.199. The Bertz CT molecular complexity index is 997. The molecule has 6 heteroatoms. The summed E-state index contributed by atoms with van der Waals surface area (Å²) >= 11 is 0. The van der Waals surface area contributed by atoms with Crippen LogP contribution in [0.25, 0.3) is 10.9 Å². The number of hydrogen-bond donors (Lipinski definition) is 1. The molecular formula is C21H20N2O4. The van der Waals surface area contributed by atoms with E-state index in [1.165, 1.54) is 7.11 Å². The monoisotopic (exact) mass is 364 g/mol. The summed E-state index contributed by atoms with van der Waals surface area (Å²) in [5.74, 6) is 0.136. The van der Waals surface area contributed by atoms with Gasteiger partial charge >= 0.3 is 5.97 Å². The van der Waals surface area contributed by atoms with Crippen LogP contribution in [0.1, 0.15) is 32.0 Å². The normalized spacial score (nSPS) is 10.5. The first-order chi connectivity index (χ1) is 13.0. The number of esters is 1. The van der Waals surface area contributed by atoms with Crippen molar-refractivity contribution >= 4 is 22.8 Å². The van der Waals surface area contributed by atoms with Gasteiger partial charge in [-0.15, -0.1) is 0 Å². The van der Waals surface area contributed by atoms with E-state index in [1.54, 1.807) is 38.3 Å². The summed E-state index contributed by atoms with van der Waals surface area (Å²) in [6, 6.07) is 14.3. The molecule has 1 N–H and O–H groups in total. The Morgan fingerprint density at radius 3 is 2.44 bits per heavy atom. The maximum atomic E-state index is 12.6. The maximum absolute atomic E-state index is 12.6. The maximum Gasteiger partial charge on any atom is 0.337 e. The molecule has 0 bridgehead atoms. The van der Waals surface area contributed by atoms with Gasteiger partial charge in [-0.3, -0.25) is 9.78 Å². The van der Waals surface area contributed by atoms with Crippen molar-refractivity contribution < 1.29 is 19.1 Å². The number of fused-ring (bicyclic) bond motifs is 1. The molecular weight excluding hydrogens is 344 g/mol. The number of carbonyl (C=O) groups is 2. The van der Waals surface area contributed by atoms with Gasteiger partial charge in [-0.2, -0.15) is 0 Å². The molecule has 0 aliphatic carbocycles. The van der Waals surface area contributed by atoms with Crippen LogP contribution in [0.15, 0.2) is 48.5 Å². The Hall–Kier alpha value is -3.41. The van der Waals surface area contributed by atoms with E-state index in [0.29, 0.717) is 23.4 Å². The lowest BCUT2D eigenvalue weighted by molar-refractivity contribution is 0.0600. The molecule has 0 saturated carbocycles. The number of benzene rings is 2. The molecule has 138 valence electrons. The first kappa shape index (κ1) is 18.4. The smallest absolute Gasteiger partial charge is 0.337 e. The molecule has 0 aliphatic rings. The molecule has 0 fully saturated rings. The fourth-order valence-corrected chi connectivity index (χ4v) is 2.75. The van der Waals surface area contributed by atoms with Gasteiger partial charge in [0, 0.05) is 18.0 Å². The first-order valence-corrected chi connectivity index (χ1v) is 8.42. The molecule has 3 rings (SSSR count). The number of rotatable bonds is 5. The summed E-state index contributed by atoms with van der Waals surface area (Å²) in [6.07, 6.45) is 0. The van der Waals surface area contributed by atoms with E-state index in [9.17, 15) is 9.59 Å². The summed E-state index contributed by atoms with van der Waals surface area (Å²) < 4.78 is 9.88. The number of hydrogen-bond acceptors (Lipinski definition) is 5. The number of aryl methyl sites for hydroxylation is 1. The molecule has 6 nitrogen and oxygen atoms in total. The van der Waals surface area contributed by atoms with Crippen molar-refractivity contribution in [3.63, 3.8) is 0 Å². The van der Waals surface area contributed by atoms with Crippen molar-refractivity contribution in [1.29, 1.82) is 0 Å². The topological polar surface area (TPSA) is 77.5 Å². The quantitative estimate of drug-likeness (QED) is 0.703. The van der Waals surface area contributed by atoms with Gasteiger partial charge in [-0.1, -0.05) is 12.1 Å². The molecule has 0 atom stereocenters. The lowest BCUT2D eigenvalue weighted by Crippen LogP contribution is -2.24. The summed E-state index contributed by atoms with van der Waals surface area (Å²) in [4.78, 5) is 28.5. The van der Waals surface area contributed by atoms with E-state index in [4.69, 9.17) is 4.74 Å². The molecule has 2 aromatic carbocycles. The minimum atomic E-state index is -0.389.